The van der Waals surface area contributed by atoms with E-state index in [1.165, 1.54) is 22.9 Å². The van der Waals surface area contributed by atoms with Crippen molar-refractivity contribution in [1.82, 2.24) is 29.0 Å². The van der Waals surface area contributed by atoms with Gasteiger partial charge in [-0.25, -0.2) is 23.1 Å². The molecule has 12 nitrogen and oxygen atoms in total. The molecule has 4 aromatic rings. The molecule has 0 bridgehead atoms. The second-order valence-corrected chi connectivity index (χ2v) is 12.5. The van der Waals surface area contributed by atoms with Crippen LogP contribution in [-0.2, 0) is 36.7 Å². The topological polar surface area (TPSA) is 144 Å². The predicted octanol–water partition coefficient (Wildman–Crippen LogP) is 3.43. The van der Waals surface area contributed by atoms with Crippen molar-refractivity contribution in [2.24, 2.45) is 7.05 Å². The van der Waals surface area contributed by atoms with Crippen LogP contribution in [-0.4, -0.2) is 51.1 Å². The lowest BCUT2D eigenvalue weighted by molar-refractivity contribution is -0.142. The van der Waals surface area contributed by atoms with Gasteiger partial charge in [0.15, 0.2) is 5.69 Å². The predicted molar refractivity (Wildman–Crippen MR) is 153 cm³/mol. The molecule has 0 saturated carbocycles. The first-order valence-corrected chi connectivity index (χ1v) is 15.1. The highest BCUT2D eigenvalue weighted by atomic mass is 35.5. The number of benzene rings is 1. The summed E-state index contributed by atoms with van der Waals surface area (Å²) in [5.74, 6) is -0.676. The van der Waals surface area contributed by atoms with Crippen LogP contribution in [0.25, 0.3) is 10.9 Å². The van der Waals surface area contributed by atoms with E-state index in [0.717, 1.165) is 16.5 Å². The number of nitrogens with zero attached hydrogens (tertiary/aromatic N) is 6. The summed E-state index contributed by atoms with van der Waals surface area (Å²) < 4.78 is 65.9. The van der Waals surface area contributed by atoms with Crippen molar-refractivity contribution >= 4 is 50.1 Å². The summed E-state index contributed by atoms with van der Waals surface area (Å²) in [7, 11) is -2.31. The van der Waals surface area contributed by atoms with Gasteiger partial charge in [-0.3, -0.25) is 18.8 Å². The van der Waals surface area contributed by atoms with Crippen LogP contribution in [0.3, 0.4) is 0 Å². The molecule has 17 heteroatoms. The number of aryl methyl sites for hydroxylation is 1. The third-order valence-electron chi connectivity index (χ3n) is 6.77. The normalized spacial score (nSPS) is 14.2. The molecular weight excluding hydrogens is 613 g/mol. The standard InChI is InChI=1S/C26H26ClF3N8O4S/c1-13-7-16(14(2)31-18-5-6-20(27)32-22(18)23(39)35-43(4,41)42)21-17(8-13)24(40)36(3)25(33-21)37-9-15-10-38(12-26(28,29)30)34-19(15)11-37/h5-8,10,14,31H,9,11-12H2,1-4H3,(H,35,39)/t14-/m1/s1. The Bertz CT molecular complexity index is 1920. The molecule has 1 aliphatic rings. The number of sulfonamides is 1. The summed E-state index contributed by atoms with van der Waals surface area (Å²) in [6, 6.07) is 5.89. The molecule has 1 amide bonds. The molecule has 0 spiro atoms. The first-order valence-electron chi connectivity index (χ1n) is 12.8. The second-order valence-electron chi connectivity index (χ2n) is 10.4. The van der Waals surface area contributed by atoms with Crippen molar-refractivity contribution in [3.05, 3.63) is 74.0 Å². The maximum absolute atomic E-state index is 13.5. The summed E-state index contributed by atoms with van der Waals surface area (Å²) >= 11 is 5.98. The minimum absolute atomic E-state index is 0.0238. The van der Waals surface area contributed by atoms with Crippen LogP contribution in [0.1, 0.15) is 45.8 Å². The SMILES string of the molecule is Cc1cc([C@@H](C)Nc2ccc(Cl)nc2C(=O)NS(C)(=O)=O)c2nc(N3Cc4cn(CC(F)(F)F)nc4C3)n(C)c(=O)c2c1. The lowest BCUT2D eigenvalue weighted by atomic mass is 10.0. The number of hydrogen-bond acceptors (Lipinski definition) is 9. The van der Waals surface area contributed by atoms with Crippen molar-refractivity contribution in [3.8, 4) is 0 Å². The Kier molecular flexibility index (Phi) is 7.62. The average molecular weight is 639 g/mol. The van der Waals surface area contributed by atoms with Crippen LogP contribution in [0.2, 0.25) is 5.15 Å². The third kappa shape index (κ3) is 6.44. The Balaban J connectivity index is 1.51. The summed E-state index contributed by atoms with van der Waals surface area (Å²) in [4.78, 5) is 36.8. The molecule has 1 atom stereocenters. The Morgan fingerprint density at radius 2 is 1.91 bits per heavy atom. The van der Waals surface area contributed by atoms with Crippen molar-refractivity contribution < 1.29 is 26.4 Å². The summed E-state index contributed by atoms with van der Waals surface area (Å²) in [6.07, 6.45) is -2.22. The van der Waals surface area contributed by atoms with Crippen molar-refractivity contribution in [1.29, 1.82) is 0 Å². The first-order chi connectivity index (χ1) is 20.0. The number of pyridine rings is 1. The van der Waals surface area contributed by atoms with E-state index in [0.29, 0.717) is 33.7 Å². The number of hydrogen-bond donors (Lipinski definition) is 2. The molecule has 0 radical (unpaired) electrons. The van der Waals surface area contributed by atoms with Gasteiger partial charge in [0.05, 0.1) is 41.1 Å². The smallest absolute Gasteiger partial charge is 0.377 e. The molecule has 43 heavy (non-hydrogen) atoms. The fourth-order valence-electron chi connectivity index (χ4n) is 5.02. The van der Waals surface area contributed by atoms with Gasteiger partial charge in [-0.05, 0) is 37.6 Å². The molecule has 0 unspecified atom stereocenters. The van der Waals surface area contributed by atoms with Gasteiger partial charge < -0.3 is 10.2 Å². The fraction of sp³-hybridized carbons (Fsp3) is 0.346. The van der Waals surface area contributed by atoms with Gasteiger partial charge >= 0.3 is 6.18 Å². The lowest BCUT2D eigenvalue weighted by Gasteiger charge is -2.23. The van der Waals surface area contributed by atoms with Crippen molar-refractivity contribution in [2.75, 3.05) is 16.5 Å². The third-order valence-corrected chi connectivity index (χ3v) is 7.54. The quantitative estimate of drug-likeness (QED) is 0.291. The van der Waals surface area contributed by atoms with E-state index in [2.05, 4.69) is 15.4 Å². The summed E-state index contributed by atoms with van der Waals surface area (Å²) in [5.41, 5.74) is 2.43. The van der Waals surface area contributed by atoms with Gasteiger partial charge in [0.1, 0.15) is 11.7 Å². The van der Waals surface area contributed by atoms with E-state index >= 15 is 0 Å². The Morgan fingerprint density at radius 3 is 2.56 bits per heavy atom. The molecule has 0 fully saturated rings. The number of nitrogens with one attached hydrogen (secondary N) is 2. The van der Waals surface area contributed by atoms with Crippen molar-refractivity contribution in [3.63, 3.8) is 0 Å². The Labute approximate surface area is 248 Å². The maximum atomic E-state index is 13.5. The van der Waals surface area contributed by atoms with Gasteiger partial charge in [-0.2, -0.15) is 18.3 Å². The zero-order valence-corrected chi connectivity index (χ0v) is 24.9. The molecule has 0 aliphatic carbocycles. The number of anilines is 2. The van der Waals surface area contributed by atoms with E-state index in [9.17, 15) is 31.2 Å². The van der Waals surface area contributed by atoms with Gasteiger partial charge in [0, 0.05) is 30.9 Å². The number of carbonyl (C=O) groups excluding carboxylic acids is 1. The highest BCUT2D eigenvalue weighted by Gasteiger charge is 2.32. The second kappa shape index (κ2) is 10.8. The number of carbonyl (C=O) groups is 1. The molecular formula is C26H26ClF3N8O4S. The van der Waals surface area contributed by atoms with E-state index < -0.39 is 34.7 Å². The van der Waals surface area contributed by atoms with Gasteiger partial charge in [-0.15, -0.1) is 0 Å². The molecule has 1 aromatic carbocycles. The van der Waals surface area contributed by atoms with E-state index in [1.807, 2.05) is 17.7 Å². The van der Waals surface area contributed by atoms with E-state index in [1.54, 1.807) is 24.9 Å². The molecule has 2 N–H and O–H groups in total. The number of aromatic nitrogens is 5. The number of halogens is 4. The molecule has 0 saturated heterocycles. The molecule has 3 aromatic heterocycles. The number of fused-ring (bicyclic) bond motifs is 2. The maximum Gasteiger partial charge on any atom is 0.408 e. The zero-order chi connectivity index (χ0) is 31.4. The first kappa shape index (κ1) is 30.3. The average Bonchev–Trinajstić information content (AvgIpc) is 3.43. The fourth-order valence-corrected chi connectivity index (χ4v) is 5.60. The molecule has 228 valence electrons. The summed E-state index contributed by atoms with van der Waals surface area (Å²) in [5, 5.41) is 7.54. The molecule has 1 aliphatic heterocycles. The van der Waals surface area contributed by atoms with Crippen molar-refractivity contribution in [2.45, 2.75) is 45.7 Å². The van der Waals surface area contributed by atoms with Crippen LogP contribution in [0, 0.1) is 6.92 Å². The van der Waals surface area contributed by atoms with E-state index in [4.69, 9.17) is 16.6 Å². The van der Waals surface area contributed by atoms with Crippen LogP contribution < -0.4 is 20.5 Å². The Morgan fingerprint density at radius 1 is 1.19 bits per heavy atom. The zero-order valence-electron chi connectivity index (χ0n) is 23.3. The largest absolute Gasteiger partial charge is 0.408 e. The monoisotopic (exact) mass is 638 g/mol. The van der Waals surface area contributed by atoms with Gasteiger partial charge in [-0.1, -0.05) is 17.7 Å². The number of alkyl halides is 3. The van der Waals surface area contributed by atoms with E-state index in [-0.39, 0.29) is 35.2 Å². The molecule has 4 heterocycles. The highest BCUT2D eigenvalue weighted by Crippen LogP contribution is 2.31. The lowest BCUT2D eigenvalue weighted by Crippen LogP contribution is -2.31. The van der Waals surface area contributed by atoms with Crippen LogP contribution in [0.15, 0.2) is 35.3 Å². The minimum Gasteiger partial charge on any atom is -0.377 e. The highest BCUT2D eigenvalue weighted by molar-refractivity contribution is 7.89. The van der Waals surface area contributed by atoms with Crippen LogP contribution >= 0.6 is 11.6 Å². The van der Waals surface area contributed by atoms with Gasteiger partial charge in [0.25, 0.3) is 11.5 Å². The van der Waals surface area contributed by atoms with Gasteiger partial charge in [0.2, 0.25) is 16.0 Å². The minimum atomic E-state index is -4.40. The van der Waals surface area contributed by atoms with Crippen LogP contribution in [0.5, 0.6) is 0 Å². The Hall–Kier alpha value is -4.18. The van der Waals surface area contributed by atoms with Crippen LogP contribution in [0.4, 0.5) is 24.8 Å². The number of rotatable bonds is 7. The molecule has 5 rings (SSSR count). The number of amides is 1. The summed E-state index contributed by atoms with van der Waals surface area (Å²) in [6.45, 7) is 2.77.